The van der Waals surface area contributed by atoms with E-state index in [9.17, 15) is 0 Å². The van der Waals surface area contributed by atoms with Crippen LogP contribution in [0.1, 0.15) is 38.8 Å². The van der Waals surface area contributed by atoms with Gasteiger partial charge in [-0.3, -0.25) is 0 Å². The van der Waals surface area contributed by atoms with Crippen molar-refractivity contribution in [3.8, 4) is 5.75 Å². The van der Waals surface area contributed by atoms with Crippen LogP contribution in [0.15, 0.2) is 16.6 Å². The summed E-state index contributed by atoms with van der Waals surface area (Å²) in [6.07, 6.45) is 0. The molecule has 0 aromatic heterocycles. The molecule has 0 bridgehead atoms. The van der Waals surface area contributed by atoms with Gasteiger partial charge >= 0.3 is 0 Å². The molecule has 5 nitrogen and oxygen atoms in total. The van der Waals surface area contributed by atoms with Crippen molar-refractivity contribution in [2.45, 2.75) is 52.5 Å². The van der Waals surface area contributed by atoms with Gasteiger partial charge < -0.3 is 23.7 Å². The molecule has 0 saturated carbocycles. The van der Waals surface area contributed by atoms with Gasteiger partial charge in [-0.1, -0.05) is 15.9 Å². The number of rotatable bonds is 9. The average molecular weight is 391 g/mol. The lowest BCUT2D eigenvalue weighted by molar-refractivity contribution is -0.205. The lowest BCUT2D eigenvalue weighted by atomic mass is 10.1. The third-order valence-electron chi connectivity index (χ3n) is 3.58. The van der Waals surface area contributed by atoms with E-state index in [-0.39, 0.29) is 0 Å². The Hall–Kier alpha value is -0.660. The predicted molar refractivity (Wildman–Crippen MR) is 92.4 cm³/mol. The van der Waals surface area contributed by atoms with Crippen LogP contribution in [0.3, 0.4) is 0 Å². The lowest BCUT2D eigenvalue weighted by Gasteiger charge is -2.25. The Morgan fingerprint density at radius 3 is 1.74 bits per heavy atom. The molecule has 0 amide bonds. The highest BCUT2D eigenvalue weighted by Gasteiger charge is 2.20. The van der Waals surface area contributed by atoms with Gasteiger partial charge in [-0.25, -0.2) is 0 Å². The van der Waals surface area contributed by atoms with Crippen molar-refractivity contribution in [1.82, 2.24) is 0 Å². The number of benzene rings is 1. The normalized spacial score (nSPS) is 12.5. The quantitative estimate of drug-likeness (QED) is 0.589. The standard InChI is InChI=1S/C17H27BrO5/c1-16(2,20-6)22-10-12-9-15(19-5)13(8-14(12)18)11-23-17(3,4)21-7/h8-9H,10-11H2,1-7H3. The first-order valence-electron chi connectivity index (χ1n) is 7.37. The molecule has 0 spiro atoms. The minimum absolute atomic E-state index is 0.382. The Balaban J connectivity index is 2.90. The highest BCUT2D eigenvalue weighted by molar-refractivity contribution is 9.10. The molecule has 132 valence electrons. The van der Waals surface area contributed by atoms with E-state index in [4.69, 9.17) is 23.7 Å². The van der Waals surface area contributed by atoms with Crippen LogP contribution in [0.5, 0.6) is 5.75 Å². The van der Waals surface area contributed by atoms with Gasteiger partial charge in [-0.05, 0) is 45.4 Å². The third-order valence-corrected chi connectivity index (χ3v) is 4.32. The number of ether oxygens (including phenoxy) is 5. The Labute approximate surface area is 147 Å². The van der Waals surface area contributed by atoms with Crippen LogP contribution in [-0.4, -0.2) is 32.9 Å². The summed E-state index contributed by atoms with van der Waals surface area (Å²) in [4.78, 5) is 0. The molecule has 0 aliphatic rings. The molecular weight excluding hydrogens is 364 g/mol. The first-order valence-corrected chi connectivity index (χ1v) is 8.17. The Morgan fingerprint density at radius 2 is 1.30 bits per heavy atom. The van der Waals surface area contributed by atoms with E-state index in [2.05, 4.69) is 15.9 Å². The van der Waals surface area contributed by atoms with Gasteiger partial charge in [0, 0.05) is 24.3 Å². The largest absolute Gasteiger partial charge is 0.496 e. The zero-order chi connectivity index (χ0) is 17.7. The van der Waals surface area contributed by atoms with Gasteiger partial charge in [-0.2, -0.15) is 0 Å². The maximum Gasteiger partial charge on any atom is 0.162 e. The van der Waals surface area contributed by atoms with Crippen LogP contribution >= 0.6 is 15.9 Å². The average Bonchev–Trinajstić information content (AvgIpc) is 2.52. The van der Waals surface area contributed by atoms with Crippen molar-refractivity contribution >= 4 is 15.9 Å². The lowest BCUT2D eigenvalue weighted by Crippen LogP contribution is -2.26. The van der Waals surface area contributed by atoms with E-state index in [1.807, 2.05) is 39.8 Å². The smallest absolute Gasteiger partial charge is 0.162 e. The summed E-state index contributed by atoms with van der Waals surface area (Å²) in [6.45, 7) is 8.25. The second-order valence-corrected chi connectivity index (χ2v) is 6.90. The van der Waals surface area contributed by atoms with Crippen molar-refractivity contribution < 1.29 is 23.7 Å². The van der Waals surface area contributed by atoms with Gasteiger partial charge in [0.1, 0.15) is 5.75 Å². The number of methoxy groups -OCH3 is 3. The molecule has 0 saturated heterocycles. The zero-order valence-corrected chi connectivity index (χ0v) is 16.6. The summed E-state index contributed by atoms with van der Waals surface area (Å²) in [7, 11) is 4.87. The molecule has 6 heteroatoms. The van der Waals surface area contributed by atoms with Crippen LogP contribution in [0.4, 0.5) is 0 Å². The van der Waals surface area contributed by atoms with Crippen LogP contribution < -0.4 is 4.74 Å². The Bertz CT molecular complexity index is 514. The minimum atomic E-state index is -0.651. The fourth-order valence-corrected chi connectivity index (χ4v) is 2.18. The van der Waals surface area contributed by atoms with E-state index in [1.54, 1.807) is 21.3 Å². The van der Waals surface area contributed by atoms with Gasteiger partial charge in [0.25, 0.3) is 0 Å². The molecule has 1 rings (SSSR count). The SMILES string of the molecule is COc1cc(COC(C)(C)OC)c(Br)cc1COC(C)(C)OC. The molecule has 1 aromatic carbocycles. The number of hydrogen-bond acceptors (Lipinski definition) is 5. The van der Waals surface area contributed by atoms with Crippen molar-refractivity contribution in [2.24, 2.45) is 0 Å². The van der Waals surface area contributed by atoms with Crippen LogP contribution in [-0.2, 0) is 32.2 Å². The molecule has 0 radical (unpaired) electrons. The van der Waals surface area contributed by atoms with E-state index >= 15 is 0 Å². The molecule has 23 heavy (non-hydrogen) atoms. The van der Waals surface area contributed by atoms with E-state index < -0.39 is 11.6 Å². The molecule has 1 aromatic rings. The summed E-state index contributed by atoms with van der Waals surface area (Å²) in [5.74, 6) is -0.549. The monoisotopic (exact) mass is 390 g/mol. The van der Waals surface area contributed by atoms with Gasteiger partial charge in [0.2, 0.25) is 0 Å². The molecule has 0 aliphatic carbocycles. The molecule has 0 fully saturated rings. The first kappa shape index (κ1) is 20.4. The highest BCUT2D eigenvalue weighted by atomic mass is 79.9. The van der Waals surface area contributed by atoms with Crippen molar-refractivity contribution in [2.75, 3.05) is 21.3 Å². The van der Waals surface area contributed by atoms with Crippen molar-refractivity contribution in [3.63, 3.8) is 0 Å². The molecular formula is C17H27BrO5. The molecule has 0 unspecified atom stereocenters. The molecule has 0 atom stereocenters. The molecule has 0 aliphatic heterocycles. The first-order chi connectivity index (χ1) is 10.6. The van der Waals surface area contributed by atoms with Crippen LogP contribution in [0, 0.1) is 0 Å². The van der Waals surface area contributed by atoms with Crippen molar-refractivity contribution in [3.05, 3.63) is 27.7 Å². The second kappa shape index (κ2) is 8.44. The maximum atomic E-state index is 5.76. The van der Waals surface area contributed by atoms with Gasteiger partial charge in [0.05, 0.1) is 20.3 Å². The van der Waals surface area contributed by atoms with Gasteiger partial charge in [-0.15, -0.1) is 0 Å². The van der Waals surface area contributed by atoms with Gasteiger partial charge in [0.15, 0.2) is 11.6 Å². The Morgan fingerprint density at radius 1 is 0.826 bits per heavy atom. The molecule has 0 N–H and O–H groups in total. The summed E-state index contributed by atoms with van der Waals surface area (Å²) in [5, 5.41) is 0. The summed E-state index contributed by atoms with van der Waals surface area (Å²) < 4.78 is 28.4. The Kier molecular flexibility index (Phi) is 7.48. The summed E-state index contributed by atoms with van der Waals surface area (Å²) >= 11 is 3.57. The fourth-order valence-electron chi connectivity index (χ4n) is 1.67. The summed E-state index contributed by atoms with van der Waals surface area (Å²) in [6, 6.07) is 3.91. The number of halogens is 1. The van der Waals surface area contributed by atoms with E-state index in [0.717, 1.165) is 21.3 Å². The second-order valence-electron chi connectivity index (χ2n) is 6.04. The predicted octanol–water partition coefficient (Wildman–Crippen LogP) is 4.26. The summed E-state index contributed by atoms with van der Waals surface area (Å²) in [5.41, 5.74) is 1.90. The highest BCUT2D eigenvalue weighted by Crippen LogP contribution is 2.30. The topological polar surface area (TPSA) is 46.2 Å². The van der Waals surface area contributed by atoms with Crippen LogP contribution in [0.25, 0.3) is 0 Å². The number of hydrogen-bond donors (Lipinski definition) is 0. The minimum Gasteiger partial charge on any atom is -0.496 e. The molecule has 0 heterocycles. The zero-order valence-electron chi connectivity index (χ0n) is 15.0. The fraction of sp³-hybridized carbons (Fsp3) is 0.647. The maximum absolute atomic E-state index is 5.76. The van der Waals surface area contributed by atoms with Crippen molar-refractivity contribution in [1.29, 1.82) is 0 Å². The third kappa shape index (κ3) is 6.39. The van der Waals surface area contributed by atoms with E-state index in [0.29, 0.717) is 13.2 Å². The van der Waals surface area contributed by atoms with Crippen LogP contribution in [0.2, 0.25) is 0 Å². The van der Waals surface area contributed by atoms with E-state index in [1.165, 1.54) is 0 Å².